The van der Waals surface area contributed by atoms with E-state index in [1.165, 1.54) is 0 Å². The molecule has 72 valence electrons. The molecule has 0 spiro atoms. The summed E-state index contributed by atoms with van der Waals surface area (Å²) in [4.78, 5) is 6.55. The quantitative estimate of drug-likeness (QED) is 0.754. The highest BCUT2D eigenvalue weighted by atomic mass is 79.9. The van der Waals surface area contributed by atoms with Crippen molar-refractivity contribution in [2.24, 2.45) is 0 Å². The third kappa shape index (κ3) is 3.44. The molecular weight excluding hydrogens is 228 g/mol. The Bertz CT molecular complexity index is 238. The highest BCUT2D eigenvalue weighted by molar-refractivity contribution is 9.09. The fourth-order valence-corrected chi connectivity index (χ4v) is 1.52. The Balaban J connectivity index is 2.50. The van der Waals surface area contributed by atoms with Crippen molar-refractivity contribution in [2.45, 2.75) is 19.5 Å². The van der Waals surface area contributed by atoms with Gasteiger partial charge in [-0.05, 0) is 26.1 Å². The van der Waals surface area contributed by atoms with Crippen molar-refractivity contribution < 1.29 is 0 Å². The van der Waals surface area contributed by atoms with E-state index in [1.807, 2.05) is 18.3 Å². The summed E-state index contributed by atoms with van der Waals surface area (Å²) in [5.41, 5.74) is 1.12. The zero-order valence-electron chi connectivity index (χ0n) is 8.07. The Labute approximate surface area is 88.1 Å². The smallest absolute Gasteiger partial charge is 0.0543 e. The van der Waals surface area contributed by atoms with Crippen LogP contribution in [-0.2, 0) is 6.54 Å². The molecule has 1 aromatic rings. The second-order valence-electron chi connectivity index (χ2n) is 3.24. The van der Waals surface area contributed by atoms with E-state index in [2.05, 4.69) is 45.9 Å². The fraction of sp³-hybridized carbons (Fsp3) is 0.500. The maximum Gasteiger partial charge on any atom is 0.0543 e. The zero-order valence-corrected chi connectivity index (χ0v) is 9.66. The standard InChI is InChI=1S/C10H15BrN2/c1-9(7-11)13(2)8-10-5-3-4-6-12-10/h3-6,9H,7-8H2,1-2H3. The summed E-state index contributed by atoms with van der Waals surface area (Å²) in [6, 6.07) is 6.56. The molecule has 0 saturated heterocycles. The van der Waals surface area contributed by atoms with Gasteiger partial charge in [-0.15, -0.1) is 0 Å². The number of hydrogen-bond donors (Lipinski definition) is 0. The summed E-state index contributed by atoms with van der Waals surface area (Å²) in [5.74, 6) is 0. The predicted molar refractivity (Wildman–Crippen MR) is 59.0 cm³/mol. The summed E-state index contributed by atoms with van der Waals surface area (Å²) in [6.07, 6.45) is 1.84. The van der Waals surface area contributed by atoms with Gasteiger partial charge in [0, 0.05) is 24.1 Å². The third-order valence-corrected chi connectivity index (χ3v) is 3.05. The minimum absolute atomic E-state index is 0.544. The average molecular weight is 243 g/mol. The van der Waals surface area contributed by atoms with Gasteiger partial charge in [-0.25, -0.2) is 0 Å². The van der Waals surface area contributed by atoms with Crippen molar-refractivity contribution >= 4 is 15.9 Å². The van der Waals surface area contributed by atoms with Crippen molar-refractivity contribution in [3.63, 3.8) is 0 Å². The third-order valence-electron chi connectivity index (χ3n) is 2.11. The highest BCUT2D eigenvalue weighted by Gasteiger charge is 2.07. The number of hydrogen-bond acceptors (Lipinski definition) is 2. The second kappa shape index (κ2) is 5.35. The maximum absolute atomic E-state index is 4.28. The molecule has 0 N–H and O–H groups in total. The Kier molecular flexibility index (Phi) is 4.39. The molecule has 0 aliphatic carbocycles. The first kappa shape index (κ1) is 10.7. The first-order chi connectivity index (χ1) is 6.24. The van der Waals surface area contributed by atoms with Crippen LogP contribution in [0.25, 0.3) is 0 Å². The van der Waals surface area contributed by atoms with Gasteiger partial charge < -0.3 is 0 Å². The number of pyridine rings is 1. The Hall–Kier alpha value is -0.410. The molecule has 0 aliphatic heterocycles. The van der Waals surface area contributed by atoms with Crippen molar-refractivity contribution in [3.05, 3.63) is 30.1 Å². The van der Waals surface area contributed by atoms with Crippen LogP contribution in [0.4, 0.5) is 0 Å². The Morgan fingerprint density at radius 3 is 2.85 bits per heavy atom. The molecule has 0 aliphatic rings. The van der Waals surface area contributed by atoms with E-state index >= 15 is 0 Å². The lowest BCUT2D eigenvalue weighted by molar-refractivity contribution is 0.267. The topological polar surface area (TPSA) is 16.1 Å². The van der Waals surface area contributed by atoms with Crippen LogP contribution < -0.4 is 0 Å². The zero-order chi connectivity index (χ0) is 9.68. The molecule has 13 heavy (non-hydrogen) atoms. The van der Waals surface area contributed by atoms with Crippen LogP contribution in [0.15, 0.2) is 24.4 Å². The van der Waals surface area contributed by atoms with Crippen LogP contribution in [-0.4, -0.2) is 28.3 Å². The summed E-state index contributed by atoms with van der Waals surface area (Å²) >= 11 is 3.47. The molecule has 1 aromatic heterocycles. The van der Waals surface area contributed by atoms with Gasteiger partial charge in [0.2, 0.25) is 0 Å². The van der Waals surface area contributed by atoms with Crippen LogP contribution in [0.1, 0.15) is 12.6 Å². The molecule has 1 rings (SSSR count). The molecule has 0 radical (unpaired) electrons. The second-order valence-corrected chi connectivity index (χ2v) is 3.89. The van der Waals surface area contributed by atoms with Crippen LogP contribution in [0, 0.1) is 0 Å². The van der Waals surface area contributed by atoms with E-state index in [9.17, 15) is 0 Å². The van der Waals surface area contributed by atoms with Gasteiger partial charge in [0.05, 0.1) is 5.69 Å². The Morgan fingerprint density at radius 1 is 1.54 bits per heavy atom. The van der Waals surface area contributed by atoms with Crippen molar-refractivity contribution in [1.29, 1.82) is 0 Å². The summed E-state index contributed by atoms with van der Waals surface area (Å²) in [7, 11) is 2.11. The van der Waals surface area contributed by atoms with Gasteiger partial charge in [-0.3, -0.25) is 9.88 Å². The van der Waals surface area contributed by atoms with Crippen LogP contribution in [0.3, 0.4) is 0 Å². The number of aromatic nitrogens is 1. The van der Waals surface area contributed by atoms with E-state index in [-0.39, 0.29) is 0 Å². The maximum atomic E-state index is 4.28. The van der Waals surface area contributed by atoms with Gasteiger partial charge in [-0.1, -0.05) is 22.0 Å². The normalized spacial score (nSPS) is 13.2. The van der Waals surface area contributed by atoms with Crippen LogP contribution in [0.5, 0.6) is 0 Å². The van der Waals surface area contributed by atoms with Gasteiger partial charge >= 0.3 is 0 Å². The number of nitrogens with zero attached hydrogens (tertiary/aromatic N) is 2. The highest BCUT2D eigenvalue weighted by Crippen LogP contribution is 2.04. The van der Waals surface area contributed by atoms with Gasteiger partial charge in [0.1, 0.15) is 0 Å². The summed E-state index contributed by atoms with van der Waals surface area (Å²) in [6.45, 7) is 3.10. The molecular formula is C10H15BrN2. The molecule has 1 unspecified atom stereocenters. The van der Waals surface area contributed by atoms with Crippen molar-refractivity contribution in [3.8, 4) is 0 Å². The minimum Gasteiger partial charge on any atom is -0.297 e. The lowest BCUT2D eigenvalue weighted by Gasteiger charge is -2.22. The number of halogens is 1. The van der Waals surface area contributed by atoms with Crippen LogP contribution >= 0.6 is 15.9 Å². The van der Waals surface area contributed by atoms with Crippen molar-refractivity contribution in [2.75, 3.05) is 12.4 Å². The van der Waals surface area contributed by atoms with E-state index in [0.29, 0.717) is 6.04 Å². The molecule has 1 heterocycles. The van der Waals surface area contributed by atoms with E-state index < -0.39 is 0 Å². The minimum atomic E-state index is 0.544. The molecule has 2 nitrogen and oxygen atoms in total. The molecule has 0 fully saturated rings. The van der Waals surface area contributed by atoms with E-state index in [4.69, 9.17) is 0 Å². The summed E-state index contributed by atoms with van der Waals surface area (Å²) in [5, 5.41) is 0.996. The predicted octanol–water partition coefficient (Wildman–Crippen LogP) is 2.30. The SMILES string of the molecule is CC(CBr)N(C)Cc1ccccn1. The van der Waals surface area contributed by atoms with Gasteiger partial charge in [0.15, 0.2) is 0 Å². The van der Waals surface area contributed by atoms with Gasteiger partial charge in [-0.2, -0.15) is 0 Å². The molecule has 0 amide bonds. The first-order valence-corrected chi connectivity index (χ1v) is 5.52. The molecule has 3 heteroatoms. The molecule has 0 aromatic carbocycles. The summed E-state index contributed by atoms with van der Waals surface area (Å²) < 4.78 is 0. The largest absolute Gasteiger partial charge is 0.297 e. The van der Waals surface area contributed by atoms with E-state index in [0.717, 1.165) is 17.6 Å². The van der Waals surface area contributed by atoms with Crippen LogP contribution in [0.2, 0.25) is 0 Å². The first-order valence-electron chi connectivity index (χ1n) is 4.40. The molecule has 0 bridgehead atoms. The monoisotopic (exact) mass is 242 g/mol. The fourth-order valence-electron chi connectivity index (χ4n) is 1.02. The lowest BCUT2D eigenvalue weighted by Crippen LogP contribution is -2.29. The number of rotatable bonds is 4. The molecule has 0 saturated carbocycles. The number of alkyl halides is 1. The average Bonchev–Trinajstić information content (AvgIpc) is 2.18. The van der Waals surface area contributed by atoms with E-state index in [1.54, 1.807) is 0 Å². The van der Waals surface area contributed by atoms with Gasteiger partial charge in [0.25, 0.3) is 0 Å². The van der Waals surface area contributed by atoms with Crippen molar-refractivity contribution in [1.82, 2.24) is 9.88 Å². The lowest BCUT2D eigenvalue weighted by atomic mass is 10.3. The molecule has 1 atom stereocenters. The Morgan fingerprint density at radius 2 is 2.31 bits per heavy atom.